The summed E-state index contributed by atoms with van der Waals surface area (Å²) >= 11 is 2.97. The van der Waals surface area contributed by atoms with Crippen LogP contribution < -0.4 is 4.90 Å². The fourth-order valence-corrected chi connectivity index (χ4v) is 6.50. The van der Waals surface area contributed by atoms with Gasteiger partial charge in [0.15, 0.2) is 10.1 Å². The van der Waals surface area contributed by atoms with Crippen molar-refractivity contribution in [2.45, 2.75) is 143 Å². The maximum absolute atomic E-state index is 7.56. The molecule has 0 atom stereocenters. The first-order valence-corrected chi connectivity index (χ1v) is 16.7. The highest BCUT2D eigenvalue weighted by molar-refractivity contribution is 7.20. The minimum absolute atomic E-state index is 0.143. The first kappa shape index (κ1) is 33.4. The van der Waals surface area contributed by atoms with Gasteiger partial charge in [0.2, 0.25) is 5.13 Å². The van der Waals surface area contributed by atoms with Crippen LogP contribution in [-0.2, 0) is 10.8 Å². The normalized spacial score (nSPS) is 12.4. The molecule has 39 heavy (non-hydrogen) atoms. The third kappa shape index (κ3) is 11.3. The molecule has 218 valence electrons. The Hall–Kier alpha value is -1.85. The summed E-state index contributed by atoms with van der Waals surface area (Å²) in [6, 6.07) is 0. The molecule has 0 fully saturated rings. The minimum Gasteiger partial charge on any atom is -0.348 e. The lowest BCUT2D eigenvalue weighted by molar-refractivity contribution is 0.564. The molecule has 0 N–H and O–H groups in total. The summed E-state index contributed by atoms with van der Waals surface area (Å²) in [6.45, 7) is 27.0. The molecule has 8 heteroatoms. The van der Waals surface area contributed by atoms with Gasteiger partial charge in [0.25, 0.3) is 5.00 Å². The van der Waals surface area contributed by atoms with E-state index in [1.807, 2.05) is 0 Å². The second-order valence-electron chi connectivity index (χ2n) is 12.6. The van der Waals surface area contributed by atoms with E-state index in [0.29, 0.717) is 10.1 Å². The van der Waals surface area contributed by atoms with Gasteiger partial charge in [0.05, 0.1) is 18.0 Å². The lowest BCUT2D eigenvalue weighted by atomic mass is 9.93. The molecular weight excluding hydrogens is 521 g/mol. The van der Waals surface area contributed by atoms with Crippen LogP contribution in [0, 0.1) is 6.57 Å². The van der Waals surface area contributed by atoms with Gasteiger partial charge in [0.1, 0.15) is 0 Å². The third-order valence-electron chi connectivity index (χ3n) is 6.78. The molecule has 0 bridgehead atoms. The number of unbranched alkanes of at least 4 members (excludes halogenated alkanes) is 10. The summed E-state index contributed by atoms with van der Waals surface area (Å²) in [5, 5.41) is 12.2. The molecule has 2 rings (SSSR count). The van der Waals surface area contributed by atoms with Gasteiger partial charge in [-0.2, -0.15) is 0 Å². The fourth-order valence-electron chi connectivity index (χ4n) is 4.46. The van der Waals surface area contributed by atoms with Crippen molar-refractivity contribution in [1.29, 1.82) is 0 Å². The van der Waals surface area contributed by atoms with E-state index in [2.05, 4.69) is 80.3 Å². The van der Waals surface area contributed by atoms with E-state index in [1.54, 1.807) is 11.3 Å². The Balaban J connectivity index is 2.25. The van der Waals surface area contributed by atoms with Gasteiger partial charge in [-0.25, -0.2) is 14.8 Å². The van der Waals surface area contributed by atoms with Crippen LogP contribution in [0.15, 0.2) is 10.2 Å². The lowest BCUT2D eigenvalue weighted by Crippen LogP contribution is -2.26. The fraction of sp³-hybridized carbons (Fsp3) is 0.774. The van der Waals surface area contributed by atoms with Gasteiger partial charge >= 0.3 is 0 Å². The maximum atomic E-state index is 7.56. The van der Waals surface area contributed by atoms with Gasteiger partial charge < -0.3 is 4.90 Å². The molecule has 2 aromatic rings. The maximum Gasteiger partial charge on any atom is 0.266 e. The first-order valence-electron chi connectivity index (χ1n) is 15.1. The molecule has 0 aliphatic carbocycles. The lowest BCUT2D eigenvalue weighted by Gasteiger charge is -2.22. The molecule has 0 aliphatic heterocycles. The average Bonchev–Trinajstić information content (AvgIpc) is 3.50. The predicted octanol–water partition coefficient (Wildman–Crippen LogP) is 11.7. The topological polar surface area (TPSA) is 58.1 Å². The van der Waals surface area contributed by atoms with Crippen LogP contribution in [-0.4, -0.2) is 23.1 Å². The van der Waals surface area contributed by atoms with Gasteiger partial charge in [-0.05, 0) is 18.3 Å². The highest BCUT2D eigenvalue weighted by Gasteiger charge is 2.26. The number of azo groups is 1. The molecule has 0 saturated heterocycles. The highest BCUT2D eigenvalue weighted by Crippen LogP contribution is 2.43. The van der Waals surface area contributed by atoms with Crippen LogP contribution in [0.5, 0.6) is 0 Å². The van der Waals surface area contributed by atoms with E-state index in [-0.39, 0.29) is 10.8 Å². The Morgan fingerprint density at radius 3 is 1.67 bits per heavy atom. The summed E-state index contributed by atoms with van der Waals surface area (Å²) < 4.78 is 0. The molecule has 2 heterocycles. The van der Waals surface area contributed by atoms with Crippen molar-refractivity contribution in [2.24, 2.45) is 10.2 Å². The molecule has 0 saturated carbocycles. The molecule has 0 unspecified atom stereocenters. The van der Waals surface area contributed by atoms with Crippen molar-refractivity contribution in [2.75, 3.05) is 18.0 Å². The van der Waals surface area contributed by atoms with Gasteiger partial charge in [0, 0.05) is 18.5 Å². The van der Waals surface area contributed by atoms with Crippen molar-refractivity contribution in [3.63, 3.8) is 0 Å². The molecule has 2 aromatic heterocycles. The number of anilines is 1. The van der Waals surface area contributed by atoms with Crippen molar-refractivity contribution in [3.05, 3.63) is 22.8 Å². The molecule has 0 radical (unpaired) electrons. The van der Waals surface area contributed by atoms with E-state index in [4.69, 9.17) is 11.6 Å². The monoisotopic (exact) mass is 572 g/mol. The standard InChI is InChI=1S/C31H52N6S2/c1-10-12-14-16-18-20-22-37(23-21-19-17-15-13-11-2)29-34-25(31(6,7)8)27(39-29)35-36-28-33-24(30(3,4)5)26(32-9)38-28/h10-23H2,1-8H3/b36-35+. The Morgan fingerprint density at radius 1 is 0.692 bits per heavy atom. The Kier molecular flexibility index (Phi) is 14.0. The summed E-state index contributed by atoms with van der Waals surface area (Å²) in [6.07, 6.45) is 15.5. The first-order chi connectivity index (χ1) is 18.5. The zero-order valence-corrected chi connectivity index (χ0v) is 27.5. The van der Waals surface area contributed by atoms with Crippen molar-refractivity contribution in [3.8, 4) is 0 Å². The van der Waals surface area contributed by atoms with Crippen LogP contribution in [0.3, 0.4) is 0 Å². The van der Waals surface area contributed by atoms with Crippen molar-refractivity contribution in [1.82, 2.24) is 9.97 Å². The van der Waals surface area contributed by atoms with E-state index >= 15 is 0 Å². The second-order valence-corrected chi connectivity index (χ2v) is 14.5. The Morgan fingerprint density at radius 2 is 1.21 bits per heavy atom. The summed E-state index contributed by atoms with van der Waals surface area (Å²) in [5.74, 6) is 0. The number of nitrogens with zero attached hydrogens (tertiary/aromatic N) is 6. The summed E-state index contributed by atoms with van der Waals surface area (Å²) in [4.78, 5) is 16.0. The molecule has 0 aromatic carbocycles. The quantitative estimate of drug-likeness (QED) is 0.108. The van der Waals surface area contributed by atoms with Crippen LogP contribution >= 0.6 is 22.7 Å². The number of hydrogen-bond acceptors (Lipinski definition) is 7. The van der Waals surface area contributed by atoms with Gasteiger partial charge in [-0.15, -0.1) is 21.6 Å². The van der Waals surface area contributed by atoms with Crippen molar-refractivity contribution >= 4 is 42.9 Å². The van der Waals surface area contributed by atoms with Crippen LogP contribution in [0.25, 0.3) is 4.85 Å². The predicted molar refractivity (Wildman–Crippen MR) is 171 cm³/mol. The second kappa shape index (κ2) is 16.4. The zero-order chi connectivity index (χ0) is 28.9. The van der Waals surface area contributed by atoms with Crippen LogP contribution in [0.2, 0.25) is 0 Å². The van der Waals surface area contributed by atoms with Crippen LogP contribution in [0.4, 0.5) is 20.3 Å². The number of hydrogen-bond donors (Lipinski definition) is 0. The van der Waals surface area contributed by atoms with E-state index in [1.165, 1.54) is 88.4 Å². The largest absolute Gasteiger partial charge is 0.348 e. The van der Waals surface area contributed by atoms with E-state index in [9.17, 15) is 0 Å². The SMILES string of the molecule is [C-]#[N+]c1sc(/N=N/c2sc(N(CCCCCCCC)CCCCCCCC)nc2C(C)(C)C)nc1C(C)(C)C. The molecule has 0 aliphatic rings. The molecular formula is C31H52N6S2. The van der Waals surface area contributed by atoms with Crippen molar-refractivity contribution < 1.29 is 0 Å². The molecule has 0 spiro atoms. The van der Waals surface area contributed by atoms with E-state index < -0.39 is 0 Å². The number of aromatic nitrogens is 2. The average molecular weight is 573 g/mol. The highest BCUT2D eigenvalue weighted by atomic mass is 32.1. The number of rotatable bonds is 17. The Bertz CT molecular complexity index is 1030. The van der Waals surface area contributed by atoms with E-state index in [0.717, 1.165) is 34.6 Å². The smallest absolute Gasteiger partial charge is 0.266 e. The Labute approximate surface area is 246 Å². The zero-order valence-electron chi connectivity index (χ0n) is 25.9. The van der Waals surface area contributed by atoms with Crippen LogP contribution in [0.1, 0.15) is 144 Å². The minimum atomic E-state index is -0.202. The van der Waals surface area contributed by atoms with Gasteiger partial charge in [-0.3, -0.25) is 0 Å². The number of thiazole rings is 2. The molecule has 0 amide bonds. The third-order valence-corrected chi connectivity index (χ3v) is 8.61. The molecule has 6 nitrogen and oxygen atoms in total. The summed E-state index contributed by atoms with van der Waals surface area (Å²) in [7, 11) is 0. The summed E-state index contributed by atoms with van der Waals surface area (Å²) in [5.41, 5.74) is 1.43. The van der Waals surface area contributed by atoms with Gasteiger partial charge in [-0.1, -0.05) is 131 Å².